The molecule has 0 unspecified atom stereocenters. The van der Waals surface area contributed by atoms with Gasteiger partial charge in [0, 0.05) is 30.4 Å². The van der Waals surface area contributed by atoms with Gasteiger partial charge < -0.3 is 20.1 Å². The van der Waals surface area contributed by atoms with Crippen LogP contribution in [0.1, 0.15) is 38.5 Å². The van der Waals surface area contributed by atoms with Crippen molar-refractivity contribution in [3.05, 3.63) is 78.9 Å². The number of nitrogens with one attached hydrogen (secondary N) is 2. The molecule has 1 aliphatic carbocycles. The standard InChI is InChI=1S/C30H35N3O4/c1-36-26-17-13-24(14-18-26)32-30(35)33(22-8-21-31-29(34)23-9-4-2-5-10-23)25-15-19-28(20-16-25)37-27-11-6-3-7-12-27/h3,6-7,11-20,23H,2,4-5,8-10,21-22H2,1H3,(H,31,34)(H,32,35). The van der Waals surface area contributed by atoms with E-state index in [-0.39, 0.29) is 17.9 Å². The number of rotatable bonds is 10. The lowest BCUT2D eigenvalue weighted by Crippen LogP contribution is -2.38. The van der Waals surface area contributed by atoms with E-state index in [4.69, 9.17) is 9.47 Å². The molecule has 0 atom stereocenters. The number of methoxy groups -OCH3 is 1. The summed E-state index contributed by atoms with van der Waals surface area (Å²) in [5.74, 6) is 2.41. The number of hydrogen-bond acceptors (Lipinski definition) is 4. The molecule has 1 saturated carbocycles. The van der Waals surface area contributed by atoms with Crippen molar-refractivity contribution in [2.24, 2.45) is 5.92 Å². The molecule has 0 spiro atoms. The Labute approximate surface area is 218 Å². The molecule has 194 valence electrons. The van der Waals surface area contributed by atoms with Crippen LogP contribution in [0.25, 0.3) is 0 Å². The first-order chi connectivity index (χ1) is 18.1. The van der Waals surface area contributed by atoms with Crippen LogP contribution in [0, 0.1) is 5.92 Å². The van der Waals surface area contributed by atoms with Gasteiger partial charge in [0.25, 0.3) is 0 Å². The average molecular weight is 502 g/mol. The van der Waals surface area contributed by atoms with Crippen LogP contribution in [0.15, 0.2) is 78.9 Å². The second-order valence-corrected chi connectivity index (χ2v) is 9.20. The Kier molecular flexibility index (Phi) is 9.41. The number of carbonyl (C=O) groups excluding carboxylic acids is 2. The topological polar surface area (TPSA) is 79.9 Å². The molecule has 0 radical (unpaired) electrons. The fourth-order valence-corrected chi connectivity index (χ4v) is 4.49. The molecule has 37 heavy (non-hydrogen) atoms. The van der Waals surface area contributed by atoms with Gasteiger partial charge in [0.05, 0.1) is 7.11 Å². The summed E-state index contributed by atoms with van der Waals surface area (Å²) in [6.45, 7) is 0.975. The predicted molar refractivity (Wildman–Crippen MR) is 147 cm³/mol. The van der Waals surface area contributed by atoms with E-state index in [0.717, 1.165) is 42.9 Å². The van der Waals surface area contributed by atoms with Gasteiger partial charge in [-0.25, -0.2) is 4.79 Å². The Balaban J connectivity index is 1.40. The summed E-state index contributed by atoms with van der Waals surface area (Å²) in [6.07, 6.45) is 6.05. The van der Waals surface area contributed by atoms with E-state index in [1.54, 1.807) is 36.3 Å². The third-order valence-electron chi connectivity index (χ3n) is 6.55. The molecule has 0 bridgehead atoms. The number of ether oxygens (including phenoxy) is 2. The number of benzene rings is 3. The van der Waals surface area contributed by atoms with Crippen LogP contribution in [0.2, 0.25) is 0 Å². The van der Waals surface area contributed by atoms with E-state index >= 15 is 0 Å². The first-order valence-corrected chi connectivity index (χ1v) is 13.0. The SMILES string of the molecule is COc1ccc(NC(=O)N(CCCNC(=O)C2CCCCC2)c2ccc(Oc3ccccc3)cc2)cc1. The second-order valence-electron chi connectivity index (χ2n) is 9.20. The van der Waals surface area contributed by atoms with Crippen LogP contribution >= 0.6 is 0 Å². The van der Waals surface area contributed by atoms with Gasteiger partial charge in [-0.3, -0.25) is 9.69 Å². The zero-order valence-corrected chi connectivity index (χ0v) is 21.3. The van der Waals surface area contributed by atoms with E-state index in [9.17, 15) is 9.59 Å². The fourth-order valence-electron chi connectivity index (χ4n) is 4.49. The molecule has 0 aromatic heterocycles. The maximum atomic E-state index is 13.3. The van der Waals surface area contributed by atoms with Gasteiger partial charge in [0.2, 0.25) is 5.91 Å². The Morgan fingerprint density at radius 2 is 1.49 bits per heavy atom. The number of urea groups is 1. The van der Waals surface area contributed by atoms with Crippen LogP contribution in [0.3, 0.4) is 0 Å². The van der Waals surface area contributed by atoms with Crippen molar-refractivity contribution in [2.45, 2.75) is 38.5 Å². The highest BCUT2D eigenvalue weighted by Crippen LogP contribution is 2.26. The summed E-state index contributed by atoms with van der Waals surface area (Å²) in [7, 11) is 1.60. The smallest absolute Gasteiger partial charge is 0.326 e. The van der Waals surface area contributed by atoms with Gasteiger partial charge >= 0.3 is 6.03 Å². The number of carbonyl (C=O) groups is 2. The molecule has 3 amide bonds. The number of amides is 3. The van der Waals surface area contributed by atoms with Crippen molar-refractivity contribution in [1.82, 2.24) is 5.32 Å². The minimum Gasteiger partial charge on any atom is -0.497 e. The van der Waals surface area contributed by atoms with Gasteiger partial charge in [-0.1, -0.05) is 37.5 Å². The molecule has 0 heterocycles. The molecule has 2 N–H and O–H groups in total. The summed E-state index contributed by atoms with van der Waals surface area (Å²) in [6, 6.07) is 23.9. The molecule has 7 nitrogen and oxygen atoms in total. The van der Waals surface area contributed by atoms with Crippen molar-refractivity contribution in [2.75, 3.05) is 30.4 Å². The first kappa shape index (κ1) is 26.1. The van der Waals surface area contributed by atoms with E-state index in [2.05, 4.69) is 10.6 Å². The molecule has 0 saturated heterocycles. The Hall–Kier alpha value is -4.00. The normalized spacial score (nSPS) is 13.4. The van der Waals surface area contributed by atoms with Crippen LogP contribution in [-0.2, 0) is 4.79 Å². The van der Waals surface area contributed by atoms with Crippen LogP contribution in [0.5, 0.6) is 17.2 Å². The quantitative estimate of drug-likeness (QED) is 0.306. The maximum absolute atomic E-state index is 13.3. The third-order valence-corrected chi connectivity index (χ3v) is 6.55. The lowest BCUT2D eigenvalue weighted by Gasteiger charge is -2.24. The van der Waals surface area contributed by atoms with E-state index in [1.807, 2.05) is 54.6 Å². The summed E-state index contributed by atoms with van der Waals surface area (Å²) < 4.78 is 11.1. The summed E-state index contributed by atoms with van der Waals surface area (Å²) in [5, 5.41) is 6.03. The maximum Gasteiger partial charge on any atom is 0.326 e. The Morgan fingerprint density at radius 1 is 0.838 bits per heavy atom. The number of hydrogen-bond donors (Lipinski definition) is 2. The zero-order valence-electron chi connectivity index (χ0n) is 21.3. The summed E-state index contributed by atoms with van der Waals surface area (Å²) in [4.78, 5) is 27.5. The molecule has 3 aromatic rings. The summed E-state index contributed by atoms with van der Waals surface area (Å²) in [5.41, 5.74) is 1.41. The van der Waals surface area contributed by atoms with Crippen molar-refractivity contribution in [3.8, 4) is 17.2 Å². The van der Waals surface area contributed by atoms with Gasteiger partial charge in [0.15, 0.2) is 0 Å². The molecule has 3 aromatic carbocycles. The first-order valence-electron chi connectivity index (χ1n) is 13.0. The van der Waals surface area contributed by atoms with Crippen LogP contribution in [0.4, 0.5) is 16.2 Å². The van der Waals surface area contributed by atoms with Gasteiger partial charge in [0.1, 0.15) is 17.2 Å². The monoisotopic (exact) mass is 501 g/mol. The Bertz CT molecular complexity index is 1130. The third kappa shape index (κ3) is 7.74. The van der Waals surface area contributed by atoms with Crippen LogP contribution < -0.4 is 25.0 Å². The van der Waals surface area contributed by atoms with E-state index in [0.29, 0.717) is 30.9 Å². The molecule has 0 aliphatic heterocycles. The van der Waals surface area contributed by atoms with Crippen molar-refractivity contribution >= 4 is 23.3 Å². The zero-order chi connectivity index (χ0) is 25.9. The van der Waals surface area contributed by atoms with E-state index in [1.165, 1.54) is 6.42 Å². The highest BCUT2D eigenvalue weighted by atomic mass is 16.5. The highest BCUT2D eigenvalue weighted by molar-refractivity contribution is 6.01. The van der Waals surface area contributed by atoms with Gasteiger partial charge in [-0.15, -0.1) is 0 Å². The summed E-state index contributed by atoms with van der Waals surface area (Å²) >= 11 is 0. The van der Waals surface area contributed by atoms with Crippen molar-refractivity contribution in [1.29, 1.82) is 0 Å². The number of nitrogens with zero attached hydrogens (tertiary/aromatic N) is 1. The van der Waals surface area contributed by atoms with Crippen molar-refractivity contribution in [3.63, 3.8) is 0 Å². The molecule has 1 fully saturated rings. The molecule has 4 rings (SSSR count). The predicted octanol–water partition coefficient (Wildman–Crippen LogP) is 6.61. The largest absolute Gasteiger partial charge is 0.497 e. The minimum absolute atomic E-state index is 0.125. The lowest BCUT2D eigenvalue weighted by molar-refractivity contribution is -0.125. The Morgan fingerprint density at radius 3 is 2.16 bits per heavy atom. The van der Waals surface area contributed by atoms with Gasteiger partial charge in [-0.05, 0) is 79.9 Å². The lowest BCUT2D eigenvalue weighted by atomic mass is 9.89. The minimum atomic E-state index is -0.250. The molecular formula is C30H35N3O4. The van der Waals surface area contributed by atoms with E-state index < -0.39 is 0 Å². The average Bonchev–Trinajstić information content (AvgIpc) is 2.95. The number of anilines is 2. The highest BCUT2D eigenvalue weighted by Gasteiger charge is 2.21. The fraction of sp³-hybridized carbons (Fsp3) is 0.333. The van der Waals surface area contributed by atoms with Crippen molar-refractivity contribution < 1.29 is 19.1 Å². The molecule has 1 aliphatic rings. The van der Waals surface area contributed by atoms with Gasteiger partial charge in [-0.2, -0.15) is 0 Å². The van der Waals surface area contributed by atoms with Crippen LogP contribution in [-0.4, -0.2) is 32.1 Å². The molecule has 7 heteroatoms. The molecular weight excluding hydrogens is 466 g/mol. The second kappa shape index (κ2) is 13.3. The number of para-hydroxylation sites is 1.